The maximum absolute atomic E-state index is 12.1. The monoisotopic (exact) mass is 404 g/mol. The Hall–Kier alpha value is -1.64. The number of benzene rings is 1. The highest BCUT2D eigenvalue weighted by Gasteiger charge is 2.22. The van der Waals surface area contributed by atoms with Crippen molar-refractivity contribution >= 4 is 33.5 Å². The molecule has 1 amide bonds. The van der Waals surface area contributed by atoms with Crippen molar-refractivity contribution in [3.63, 3.8) is 0 Å². The van der Waals surface area contributed by atoms with Gasteiger partial charge in [0.25, 0.3) is 5.91 Å². The molecule has 0 fully saturated rings. The smallest absolute Gasteiger partial charge is 0.307 e. The molecule has 0 heterocycles. The van der Waals surface area contributed by atoms with Gasteiger partial charge in [-0.25, -0.2) is 13.1 Å². The number of carbonyl (C=O) groups is 2. The van der Waals surface area contributed by atoms with Gasteiger partial charge in [0.15, 0.2) is 6.61 Å². The molecule has 0 aromatic heterocycles. The van der Waals surface area contributed by atoms with E-state index in [0.29, 0.717) is 0 Å². The molecule has 1 rings (SSSR count). The first-order valence-electron chi connectivity index (χ1n) is 8.27. The molecule has 26 heavy (non-hydrogen) atoms. The van der Waals surface area contributed by atoms with Crippen LogP contribution in [0.4, 0.5) is 0 Å². The van der Waals surface area contributed by atoms with E-state index < -0.39 is 16.0 Å². The third kappa shape index (κ3) is 6.59. The molecule has 0 aliphatic carbocycles. The van der Waals surface area contributed by atoms with Crippen molar-refractivity contribution in [2.45, 2.75) is 51.1 Å². The lowest BCUT2D eigenvalue weighted by molar-refractivity contribution is -0.153. The summed E-state index contributed by atoms with van der Waals surface area (Å²) in [5.74, 6) is -0.951. The second-order valence-electron chi connectivity index (χ2n) is 6.23. The second-order valence-corrected chi connectivity index (χ2v) is 8.37. The van der Waals surface area contributed by atoms with E-state index in [4.69, 9.17) is 16.3 Å². The Morgan fingerprint density at radius 2 is 1.73 bits per heavy atom. The van der Waals surface area contributed by atoms with Gasteiger partial charge in [-0.15, -0.1) is 0 Å². The minimum Gasteiger partial charge on any atom is -0.456 e. The first-order valence-corrected chi connectivity index (χ1v) is 10.1. The van der Waals surface area contributed by atoms with Crippen LogP contribution in [0.25, 0.3) is 0 Å². The van der Waals surface area contributed by atoms with Crippen LogP contribution in [-0.2, 0) is 24.3 Å². The van der Waals surface area contributed by atoms with Gasteiger partial charge in [0.05, 0.1) is 11.4 Å². The number of hydrogen-bond donors (Lipinski definition) is 1. The van der Waals surface area contributed by atoms with Gasteiger partial charge in [0.1, 0.15) is 4.90 Å². The number of nitrogens with zero attached hydrogens (tertiary/aromatic N) is 1. The molecule has 0 atom stereocenters. The summed E-state index contributed by atoms with van der Waals surface area (Å²) in [5.41, 5.74) is 0. The number of ether oxygens (including phenoxy) is 1. The minimum atomic E-state index is -3.82. The number of hydrogen-bond acceptors (Lipinski definition) is 5. The predicted molar refractivity (Wildman–Crippen MR) is 99.3 cm³/mol. The highest BCUT2D eigenvalue weighted by Crippen LogP contribution is 2.19. The minimum absolute atomic E-state index is 0.0105. The summed E-state index contributed by atoms with van der Waals surface area (Å²) in [6.45, 7) is 6.99. The Morgan fingerprint density at radius 3 is 2.27 bits per heavy atom. The zero-order valence-corrected chi connectivity index (χ0v) is 16.9. The van der Waals surface area contributed by atoms with Gasteiger partial charge in [-0.3, -0.25) is 9.59 Å². The number of rotatable bonds is 9. The normalized spacial score (nSPS) is 11.7. The lowest BCUT2D eigenvalue weighted by atomic mass is 10.2. The Labute approximate surface area is 159 Å². The number of carbonyl (C=O) groups excluding carboxylic acids is 2. The molecule has 0 aliphatic rings. The third-order valence-corrected chi connectivity index (χ3v) is 5.47. The van der Waals surface area contributed by atoms with Crippen LogP contribution in [0.5, 0.6) is 0 Å². The summed E-state index contributed by atoms with van der Waals surface area (Å²) in [4.78, 5) is 25.4. The molecule has 0 bridgehead atoms. The van der Waals surface area contributed by atoms with Gasteiger partial charge < -0.3 is 9.64 Å². The fourth-order valence-electron chi connectivity index (χ4n) is 2.49. The summed E-state index contributed by atoms with van der Waals surface area (Å²) in [6.07, 6.45) is -0.194. The molecule has 0 radical (unpaired) electrons. The number of halogens is 1. The molecule has 1 aromatic carbocycles. The molecule has 9 heteroatoms. The zero-order chi connectivity index (χ0) is 19.9. The molecule has 0 aliphatic heterocycles. The van der Waals surface area contributed by atoms with E-state index in [9.17, 15) is 18.0 Å². The summed E-state index contributed by atoms with van der Waals surface area (Å²) in [6, 6.07) is 5.98. The van der Waals surface area contributed by atoms with Crippen LogP contribution in [0.2, 0.25) is 5.02 Å². The van der Waals surface area contributed by atoms with E-state index in [1.807, 2.05) is 27.7 Å². The first-order chi connectivity index (χ1) is 12.1. The number of amides is 1. The highest BCUT2D eigenvalue weighted by atomic mass is 35.5. The molecule has 1 aromatic rings. The van der Waals surface area contributed by atoms with Crippen molar-refractivity contribution in [2.24, 2.45) is 0 Å². The summed E-state index contributed by atoms with van der Waals surface area (Å²) in [5, 5.41) is 0.0932. The topological polar surface area (TPSA) is 92.8 Å². The van der Waals surface area contributed by atoms with Crippen molar-refractivity contribution in [3.8, 4) is 0 Å². The molecular formula is C17H25ClN2O5S. The van der Waals surface area contributed by atoms with E-state index in [0.717, 1.165) is 0 Å². The third-order valence-electron chi connectivity index (χ3n) is 3.50. The molecule has 0 unspecified atom stereocenters. The second kappa shape index (κ2) is 9.89. The lowest BCUT2D eigenvalue weighted by Gasteiger charge is -2.30. The van der Waals surface area contributed by atoms with E-state index in [-0.39, 0.29) is 47.5 Å². The van der Waals surface area contributed by atoms with Crippen molar-refractivity contribution in [1.29, 1.82) is 0 Å². The zero-order valence-electron chi connectivity index (χ0n) is 15.4. The SMILES string of the molecule is CC(C)N(C(=O)COC(=O)CCNS(=O)(=O)c1ccccc1Cl)C(C)C. The summed E-state index contributed by atoms with van der Waals surface area (Å²) < 4.78 is 31.5. The van der Waals surface area contributed by atoms with E-state index >= 15 is 0 Å². The van der Waals surface area contributed by atoms with Crippen LogP contribution in [0.1, 0.15) is 34.1 Å². The molecule has 146 valence electrons. The quantitative estimate of drug-likeness (QED) is 0.637. The van der Waals surface area contributed by atoms with Crippen LogP contribution in [0, 0.1) is 0 Å². The predicted octanol–water partition coefficient (Wildman–Crippen LogP) is 2.20. The van der Waals surface area contributed by atoms with Crippen molar-refractivity contribution in [3.05, 3.63) is 29.3 Å². The number of sulfonamides is 1. The fraction of sp³-hybridized carbons (Fsp3) is 0.529. The molecule has 0 spiro atoms. The van der Waals surface area contributed by atoms with Gasteiger partial charge >= 0.3 is 5.97 Å². The lowest BCUT2D eigenvalue weighted by Crippen LogP contribution is -2.44. The average molecular weight is 405 g/mol. The fourth-order valence-corrected chi connectivity index (χ4v) is 4.04. The Kier molecular flexibility index (Phi) is 8.52. The molecular weight excluding hydrogens is 380 g/mol. The molecule has 7 nitrogen and oxygen atoms in total. The van der Waals surface area contributed by atoms with Crippen LogP contribution < -0.4 is 4.72 Å². The van der Waals surface area contributed by atoms with Gasteiger partial charge in [0.2, 0.25) is 10.0 Å². The van der Waals surface area contributed by atoms with Crippen molar-refractivity contribution in [1.82, 2.24) is 9.62 Å². The number of nitrogens with one attached hydrogen (secondary N) is 1. The Morgan fingerprint density at radius 1 is 1.15 bits per heavy atom. The van der Waals surface area contributed by atoms with Crippen LogP contribution in [-0.4, -0.2) is 50.4 Å². The van der Waals surface area contributed by atoms with Gasteiger partial charge in [-0.05, 0) is 39.8 Å². The first kappa shape index (κ1) is 22.4. The van der Waals surface area contributed by atoms with Gasteiger partial charge in [0, 0.05) is 18.6 Å². The van der Waals surface area contributed by atoms with Gasteiger partial charge in [-0.1, -0.05) is 23.7 Å². The van der Waals surface area contributed by atoms with Crippen molar-refractivity contribution in [2.75, 3.05) is 13.2 Å². The van der Waals surface area contributed by atoms with E-state index in [2.05, 4.69) is 4.72 Å². The van der Waals surface area contributed by atoms with Crippen LogP contribution in [0.3, 0.4) is 0 Å². The van der Waals surface area contributed by atoms with Crippen molar-refractivity contribution < 1.29 is 22.7 Å². The van der Waals surface area contributed by atoms with Gasteiger partial charge in [-0.2, -0.15) is 0 Å². The van der Waals surface area contributed by atoms with Crippen LogP contribution in [0.15, 0.2) is 29.2 Å². The highest BCUT2D eigenvalue weighted by molar-refractivity contribution is 7.89. The Balaban J connectivity index is 2.48. The summed E-state index contributed by atoms with van der Waals surface area (Å²) >= 11 is 5.86. The van der Waals surface area contributed by atoms with E-state index in [1.165, 1.54) is 12.1 Å². The molecule has 0 saturated heterocycles. The molecule has 0 saturated carbocycles. The average Bonchev–Trinajstić information content (AvgIpc) is 2.52. The number of esters is 1. The van der Waals surface area contributed by atoms with Crippen LogP contribution >= 0.6 is 11.6 Å². The summed E-state index contributed by atoms with van der Waals surface area (Å²) in [7, 11) is -3.82. The maximum atomic E-state index is 12.1. The largest absolute Gasteiger partial charge is 0.456 e. The molecule has 1 N–H and O–H groups in total. The van der Waals surface area contributed by atoms with E-state index in [1.54, 1.807) is 17.0 Å². The maximum Gasteiger partial charge on any atom is 0.307 e. The standard InChI is InChI=1S/C17H25ClN2O5S/c1-12(2)20(13(3)4)16(21)11-25-17(22)9-10-19-26(23,24)15-8-6-5-7-14(15)18/h5-8,12-13,19H,9-11H2,1-4H3. The Bertz CT molecular complexity index is 726.